The van der Waals surface area contributed by atoms with Crippen LogP contribution in [-0.4, -0.2) is 69.5 Å². The number of thioether (sulfide) groups is 1. The quantitative estimate of drug-likeness (QED) is 0.260. The van der Waals surface area contributed by atoms with Crippen molar-refractivity contribution in [2.24, 2.45) is 0 Å². The van der Waals surface area contributed by atoms with Crippen LogP contribution < -0.4 is 5.32 Å². The summed E-state index contributed by atoms with van der Waals surface area (Å²) in [7, 11) is 0. The molecule has 0 saturated carbocycles. The van der Waals surface area contributed by atoms with Crippen molar-refractivity contribution >= 4 is 35.6 Å². The topological polar surface area (TPSA) is 129 Å². The maximum atomic E-state index is 13.3. The molecule has 3 heterocycles. The van der Waals surface area contributed by atoms with Gasteiger partial charge in [-0.3, -0.25) is 14.5 Å². The third-order valence-corrected chi connectivity index (χ3v) is 7.20. The van der Waals surface area contributed by atoms with Gasteiger partial charge in [-0.15, -0.1) is 11.8 Å². The average molecular weight is 525 g/mol. The van der Waals surface area contributed by atoms with Crippen LogP contribution in [0.2, 0.25) is 0 Å². The van der Waals surface area contributed by atoms with Gasteiger partial charge in [0.25, 0.3) is 11.8 Å². The van der Waals surface area contributed by atoms with E-state index in [2.05, 4.69) is 5.32 Å². The molecule has 3 aliphatic heterocycles. The molecule has 0 aliphatic carbocycles. The Kier molecular flexibility index (Phi) is 7.59. The third-order valence-electron chi connectivity index (χ3n) is 5.90. The second-order valence-corrected chi connectivity index (χ2v) is 10.9. The van der Waals surface area contributed by atoms with Crippen LogP contribution in [0.25, 0.3) is 0 Å². The number of alkyl carbamates (subject to hydrolysis) is 1. The molecule has 0 bridgehead atoms. The molecule has 0 aromatic heterocycles. The molecule has 2 fully saturated rings. The van der Waals surface area contributed by atoms with Gasteiger partial charge in [-0.25, -0.2) is 9.59 Å². The minimum absolute atomic E-state index is 0.0132. The van der Waals surface area contributed by atoms with Crippen LogP contribution in [0.4, 0.5) is 4.79 Å². The van der Waals surface area contributed by atoms with Crippen molar-refractivity contribution in [3.05, 3.63) is 58.8 Å². The molecule has 11 heteroatoms. The van der Waals surface area contributed by atoms with Crippen LogP contribution in [0, 0.1) is 11.3 Å². The predicted molar refractivity (Wildman–Crippen MR) is 134 cm³/mol. The lowest BCUT2D eigenvalue weighted by molar-refractivity contribution is -0.152. The van der Waals surface area contributed by atoms with Gasteiger partial charge in [-0.1, -0.05) is 30.3 Å². The average Bonchev–Trinajstić information content (AvgIpc) is 3.19. The maximum Gasteiger partial charge on any atom is 0.408 e. The highest BCUT2D eigenvalue weighted by Gasteiger charge is 2.54. The molecular weight excluding hydrogens is 496 g/mol. The van der Waals surface area contributed by atoms with Crippen molar-refractivity contribution in [1.82, 2.24) is 15.1 Å². The Morgan fingerprint density at radius 3 is 2.65 bits per heavy atom. The first-order valence-corrected chi connectivity index (χ1v) is 12.9. The van der Waals surface area contributed by atoms with Gasteiger partial charge in [0.2, 0.25) is 0 Å². The second-order valence-electron chi connectivity index (χ2n) is 9.77. The summed E-state index contributed by atoms with van der Waals surface area (Å²) >= 11 is 1.37. The summed E-state index contributed by atoms with van der Waals surface area (Å²) in [6.07, 6.45) is 1.34. The molecule has 3 aliphatic rings. The van der Waals surface area contributed by atoms with E-state index in [1.54, 1.807) is 26.8 Å². The number of hydrogen-bond donors (Lipinski definition) is 1. The first-order valence-electron chi connectivity index (χ1n) is 11.8. The Morgan fingerprint density at radius 1 is 1.24 bits per heavy atom. The van der Waals surface area contributed by atoms with Crippen LogP contribution in [0.1, 0.15) is 32.8 Å². The van der Waals surface area contributed by atoms with Crippen molar-refractivity contribution in [3.8, 4) is 6.07 Å². The van der Waals surface area contributed by atoms with Crippen LogP contribution in [0.5, 0.6) is 0 Å². The molecule has 2 saturated heterocycles. The number of hydrogen-bond acceptors (Lipinski definition) is 8. The SMILES string of the molecule is CC(C)(C)OC(=O)N[C@@H]1C(=O)N2C(C(=O)OCc3ccccc3)=C(/C=C3\CCN(CC#N)C3=O)CS[C@H]12. The van der Waals surface area contributed by atoms with Gasteiger partial charge in [-0.05, 0) is 44.4 Å². The van der Waals surface area contributed by atoms with Gasteiger partial charge < -0.3 is 19.7 Å². The van der Waals surface area contributed by atoms with E-state index in [-0.39, 0.29) is 24.8 Å². The van der Waals surface area contributed by atoms with Gasteiger partial charge in [0.1, 0.15) is 35.9 Å². The van der Waals surface area contributed by atoms with Crippen molar-refractivity contribution in [2.75, 3.05) is 18.8 Å². The fourth-order valence-corrected chi connectivity index (χ4v) is 5.52. The number of fused-ring (bicyclic) bond motifs is 1. The minimum Gasteiger partial charge on any atom is -0.456 e. The molecule has 0 spiro atoms. The number of carbonyl (C=O) groups excluding carboxylic acids is 4. The molecule has 4 rings (SSSR count). The van der Waals surface area contributed by atoms with Gasteiger partial charge in [0.05, 0.1) is 6.07 Å². The normalized spacial score (nSPS) is 22.4. The number of β-lactam (4-membered cyclic amide) rings is 1. The van der Waals surface area contributed by atoms with Crippen LogP contribution in [0.15, 0.2) is 53.3 Å². The van der Waals surface area contributed by atoms with E-state index in [0.717, 1.165) is 5.56 Å². The van der Waals surface area contributed by atoms with E-state index in [0.29, 0.717) is 29.9 Å². The molecule has 1 N–H and O–H groups in total. The van der Waals surface area contributed by atoms with Crippen molar-refractivity contribution in [3.63, 3.8) is 0 Å². The lowest BCUT2D eigenvalue weighted by Crippen LogP contribution is -2.70. The fourth-order valence-electron chi connectivity index (χ4n) is 4.22. The zero-order valence-corrected chi connectivity index (χ0v) is 21.7. The Balaban J connectivity index is 1.59. The highest BCUT2D eigenvalue weighted by Crippen LogP contribution is 2.41. The zero-order chi connectivity index (χ0) is 26.7. The van der Waals surface area contributed by atoms with Crippen LogP contribution in [0.3, 0.4) is 0 Å². The maximum absolute atomic E-state index is 13.3. The number of ether oxygens (including phenoxy) is 2. The van der Waals surface area contributed by atoms with Crippen LogP contribution >= 0.6 is 11.8 Å². The lowest BCUT2D eigenvalue weighted by atomic mass is 10.0. The molecule has 10 nitrogen and oxygen atoms in total. The summed E-state index contributed by atoms with van der Waals surface area (Å²) in [4.78, 5) is 54.2. The molecule has 2 atom stereocenters. The first kappa shape index (κ1) is 26.3. The largest absolute Gasteiger partial charge is 0.456 e. The number of likely N-dealkylation sites (tertiary alicyclic amines) is 1. The van der Waals surface area contributed by atoms with Crippen molar-refractivity contribution in [2.45, 2.75) is 50.8 Å². The fraction of sp³-hybridized carbons (Fsp3) is 0.423. The number of rotatable bonds is 6. The molecule has 37 heavy (non-hydrogen) atoms. The van der Waals surface area contributed by atoms with E-state index in [4.69, 9.17) is 14.7 Å². The zero-order valence-electron chi connectivity index (χ0n) is 20.9. The summed E-state index contributed by atoms with van der Waals surface area (Å²) in [5.74, 6) is -1.09. The Bertz CT molecular complexity index is 1210. The van der Waals surface area contributed by atoms with Crippen molar-refractivity contribution in [1.29, 1.82) is 5.26 Å². The number of nitrogens with one attached hydrogen (secondary N) is 1. The predicted octanol–water partition coefficient (Wildman–Crippen LogP) is 2.47. The molecule has 0 radical (unpaired) electrons. The Labute approximate surface area is 219 Å². The standard InChI is InChI=1S/C26H28N4O6S/c1-26(2,3)36-25(34)28-19-22(32)30-20(24(33)35-14-16-7-5-4-6-8-16)18(15-37-23(19)30)13-17-9-11-29(12-10-27)21(17)31/h4-8,13,19,23H,9,11-12,14-15H2,1-3H3,(H,28,34)/b17-13+/t19-,23-/m1/s1. The van der Waals surface area contributed by atoms with Gasteiger partial charge in [0.15, 0.2) is 0 Å². The van der Waals surface area contributed by atoms with E-state index in [1.807, 2.05) is 36.4 Å². The smallest absolute Gasteiger partial charge is 0.408 e. The first-order chi connectivity index (χ1) is 17.6. The number of nitriles is 1. The Hall–Kier alpha value is -3.78. The Morgan fingerprint density at radius 2 is 1.97 bits per heavy atom. The van der Waals surface area contributed by atoms with Gasteiger partial charge >= 0.3 is 12.1 Å². The van der Waals surface area contributed by atoms with Crippen molar-refractivity contribution < 1.29 is 28.7 Å². The summed E-state index contributed by atoms with van der Waals surface area (Å²) in [5.41, 5.74) is 1.08. The van der Waals surface area contributed by atoms with Gasteiger partial charge in [-0.2, -0.15) is 5.26 Å². The molecule has 0 unspecified atom stereocenters. The highest BCUT2D eigenvalue weighted by atomic mass is 32.2. The van der Waals surface area contributed by atoms with Crippen LogP contribution in [-0.2, 0) is 30.5 Å². The molecule has 194 valence electrons. The van der Waals surface area contributed by atoms with E-state index < -0.39 is 35.0 Å². The van der Waals surface area contributed by atoms with E-state index in [9.17, 15) is 19.2 Å². The number of nitrogens with zero attached hydrogens (tertiary/aromatic N) is 3. The number of amides is 3. The number of benzene rings is 1. The molecular formula is C26H28N4O6S. The summed E-state index contributed by atoms with van der Waals surface area (Å²) in [6.45, 7) is 5.59. The number of carbonyl (C=O) groups is 4. The third kappa shape index (κ3) is 5.80. The highest BCUT2D eigenvalue weighted by molar-refractivity contribution is 8.00. The number of esters is 1. The summed E-state index contributed by atoms with van der Waals surface area (Å²) < 4.78 is 10.8. The second kappa shape index (κ2) is 10.7. The number of allylic oxidation sites excluding steroid dienone is 1. The van der Waals surface area contributed by atoms with E-state index >= 15 is 0 Å². The van der Waals surface area contributed by atoms with Gasteiger partial charge in [0, 0.05) is 17.9 Å². The monoisotopic (exact) mass is 524 g/mol. The lowest BCUT2D eigenvalue weighted by Gasteiger charge is -2.49. The molecule has 3 amide bonds. The minimum atomic E-state index is -0.856. The summed E-state index contributed by atoms with van der Waals surface area (Å²) in [5, 5.41) is 11.0. The molecule has 1 aromatic rings. The molecule has 1 aromatic carbocycles. The van der Waals surface area contributed by atoms with E-state index in [1.165, 1.54) is 21.6 Å². The summed E-state index contributed by atoms with van der Waals surface area (Å²) in [6, 6.07) is 10.3.